The van der Waals surface area contributed by atoms with Gasteiger partial charge in [0.05, 0.1) is 12.9 Å². The molecule has 0 spiro atoms. The van der Waals surface area contributed by atoms with Gasteiger partial charge in [-0.2, -0.15) is 0 Å². The van der Waals surface area contributed by atoms with E-state index >= 15 is 0 Å². The second-order valence-corrected chi connectivity index (χ2v) is 6.22. The summed E-state index contributed by atoms with van der Waals surface area (Å²) in [4.78, 5) is 3.36. The molecule has 0 bridgehead atoms. The Morgan fingerprint density at radius 1 is 1.35 bits per heavy atom. The third-order valence-electron chi connectivity index (χ3n) is 3.74. The Hall–Kier alpha value is -1.20. The van der Waals surface area contributed by atoms with Gasteiger partial charge in [0, 0.05) is 11.7 Å². The van der Waals surface area contributed by atoms with Gasteiger partial charge in [-0.1, -0.05) is 13.8 Å². The fourth-order valence-electron chi connectivity index (χ4n) is 2.71. The maximum atomic E-state index is 13.0. The van der Waals surface area contributed by atoms with Gasteiger partial charge in [-0.3, -0.25) is 10.3 Å². The number of halogens is 1. The van der Waals surface area contributed by atoms with E-state index in [1.807, 2.05) is 13.8 Å². The molecule has 23 heavy (non-hydrogen) atoms. The van der Waals surface area contributed by atoms with Crippen LogP contribution in [0.15, 0.2) is 29.3 Å². The van der Waals surface area contributed by atoms with Gasteiger partial charge in [0.1, 0.15) is 5.83 Å². The van der Waals surface area contributed by atoms with Crippen LogP contribution in [0.5, 0.6) is 0 Å². The van der Waals surface area contributed by atoms with Crippen LogP contribution in [0.3, 0.4) is 0 Å². The van der Waals surface area contributed by atoms with E-state index in [4.69, 9.17) is 0 Å². The van der Waals surface area contributed by atoms with Crippen LogP contribution >= 0.6 is 0 Å². The molecule has 1 heterocycles. The summed E-state index contributed by atoms with van der Waals surface area (Å²) in [6.45, 7) is 14.5. The second kappa shape index (κ2) is 13.3. The van der Waals surface area contributed by atoms with Crippen LogP contribution in [0.4, 0.5) is 4.39 Å². The van der Waals surface area contributed by atoms with Crippen molar-refractivity contribution in [1.29, 1.82) is 0 Å². The van der Waals surface area contributed by atoms with Crippen molar-refractivity contribution in [3.63, 3.8) is 0 Å². The van der Waals surface area contributed by atoms with E-state index in [1.54, 1.807) is 6.20 Å². The van der Waals surface area contributed by atoms with E-state index in [0.29, 0.717) is 6.67 Å². The van der Waals surface area contributed by atoms with Gasteiger partial charge < -0.3 is 10.6 Å². The minimum Gasteiger partial charge on any atom is -0.378 e. The first-order valence-electron chi connectivity index (χ1n) is 8.71. The SMILES string of the molecule is C=N/C=C(F)\C=C\NCNC(C)(C)CC1CCCNCC1.CC. The monoisotopic (exact) mass is 326 g/mol. The lowest BCUT2D eigenvalue weighted by Gasteiger charge is -2.30. The summed E-state index contributed by atoms with van der Waals surface area (Å²) in [5, 5.41) is 9.95. The molecule has 0 aromatic carbocycles. The number of nitrogens with one attached hydrogen (secondary N) is 3. The van der Waals surface area contributed by atoms with Crippen LogP contribution in [0.1, 0.15) is 53.4 Å². The first-order valence-corrected chi connectivity index (χ1v) is 8.71. The van der Waals surface area contributed by atoms with Gasteiger partial charge in [-0.25, -0.2) is 4.39 Å². The highest BCUT2D eigenvalue weighted by atomic mass is 19.1. The molecule has 0 saturated carbocycles. The van der Waals surface area contributed by atoms with Crippen molar-refractivity contribution >= 4 is 6.72 Å². The molecule has 0 radical (unpaired) electrons. The van der Waals surface area contributed by atoms with Crippen molar-refractivity contribution in [2.45, 2.75) is 58.9 Å². The van der Waals surface area contributed by atoms with Crippen molar-refractivity contribution in [3.05, 3.63) is 24.3 Å². The zero-order valence-electron chi connectivity index (χ0n) is 15.3. The van der Waals surface area contributed by atoms with Crippen LogP contribution in [0.25, 0.3) is 0 Å². The highest BCUT2D eigenvalue weighted by molar-refractivity contribution is 5.27. The first-order chi connectivity index (χ1) is 11.0. The van der Waals surface area contributed by atoms with Crippen molar-refractivity contribution in [3.8, 4) is 0 Å². The summed E-state index contributed by atoms with van der Waals surface area (Å²) in [5.74, 6) is 0.361. The topological polar surface area (TPSA) is 48.5 Å². The number of aliphatic imine (C=N–C) groups is 1. The summed E-state index contributed by atoms with van der Waals surface area (Å²) in [6.07, 6.45) is 8.98. The van der Waals surface area contributed by atoms with E-state index < -0.39 is 5.83 Å². The summed E-state index contributed by atoms with van der Waals surface area (Å²) >= 11 is 0. The Kier molecular flexibility index (Phi) is 12.6. The Labute approximate surface area is 141 Å². The Balaban J connectivity index is 0.00000232. The van der Waals surface area contributed by atoms with Crippen LogP contribution in [-0.4, -0.2) is 32.0 Å². The van der Waals surface area contributed by atoms with Crippen molar-refractivity contribution < 1.29 is 4.39 Å². The van der Waals surface area contributed by atoms with Crippen LogP contribution in [0, 0.1) is 5.92 Å². The predicted molar refractivity (Wildman–Crippen MR) is 99.3 cm³/mol. The van der Waals surface area contributed by atoms with E-state index in [-0.39, 0.29) is 5.54 Å². The molecule has 0 aromatic heterocycles. The standard InChI is InChI=1S/C16H29FN4.C2H6/c1-16(2,11-14-5-4-8-19-9-6-14)21-13-20-10-7-15(17)12-18-3;1-2/h7,10,12,14,19-21H,3-6,8-9,11,13H2,1-2H3;1-2H3/b10-7+,15-12+;. The molecule has 0 aliphatic carbocycles. The van der Waals surface area contributed by atoms with Gasteiger partial charge in [-0.15, -0.1) is 0 Å². The summed E-state index contributed by atoms with van der Waals surface area (Å²) in [5.41, 5.74) is 0.0763. The zero-order valence-corrected chi connectivity index (χ0v) is 15.3. The number of hydrogen-bond acceptors (Lipinski definition) is 4. The normalized spacial score (nSPS) is 19.7. The van der Waals surface area contributed by atoms with E-state index in [1.165, 1.54) is 25.3 Å². The molecule has 4 nitrogen and oxygen atoms in total. The Morgan fingerprint density at radius 3 is 2.78 bits per heavy atom. The average Bonchev–Trinajstić information content (AvgIpc) is 2.77. The fourth-order valence-corrected chi connectivity index (χ4v) is 2.71. The van der Waals surface area contributed by atoms with E-state index in [0.717, 1.165) is 31.6 Å². The molecule has 1 fully saturated rings. The summed E-state index contributed by atoms with van der Waals surface area (Å²) < 4.78 is 13.0. The third kappa shape index (κ3) is 12.0. The third-order valence-corrected chi connectivity index (χ3v) is 3.74. The zero-order chi connectivity index (χ0) is 17.6. The highest BCUT2D eigenvalue weighted by Gasteiger charge is 2.23. The average molecular weight is 327 g/mol. The molecule has 0 amide bonds. The molecule has 1 saturated heterocycles. The van der Waals surface area contributed by atoms with Crippen LogP contribution in [-0.2, 0) is 0 Å². The minimum absolute atomic E-state index is 0.0763. The van der Waals surface area contributed by atoms with E-state index in [2.05, 4.69) is 41.5 Å². The maximum absolute atomic E-state index is 13.0. The van der Waals surface area contributed by atoms with Gasteiger partial charge in [0.15, 0.2) is 0 Å². The van der Waals surface area contributed by atoms with Gasteiger partial charge in [0.2, 0.25) is 0 Å². The maximum Gasteiger partial charge on any atom is 0.142 e. The quantitative estimate of drug-likeness (QED) is 0.276. The number of hydrogen-bond donors (Lipinski definition) is 3. The molecule has 134 valence electrons. The van der Waals surface area contributed by atoms with Crippen LogP contribution < -0.4 is 16.0 Å². The van der Waals surface area contributed by atoms with Crippen molar-refractivity contribution in [2.24, 2.45) is 10.9 Å². The molecule has 1 aliphatic heterocycles. The molecule has 1 rings (SSSR count). The smallest absolute Gasteiger partial charge is 0.142 e. The fraction of sp³-hybridized carbons (Fsp3) is 0.722. The Morgan fingerprint density at radius 2 is 2.09 bits per heavy atom. The number of rotatable bonds is 8. The molecule has 1 aliphatic rings. The molecular formula is C18H35FN4. The molecular weight excluding hydrogens is 291 g/mol. The second-order valence-electron chi connectivity index (χ2n) is 6.22. The largest absolute Gasteiger partial charge is 0.378 e. The van der Waals surface area contributed by atoms with E-state index in [9.17, 15) is 4.39 Å². The molecule has 1 atom stereocenters. The highest BCUT2D eigenvalue weighted by Crippen LogP contribution is 2.24. The molecule has 5 heteroatoms. The van der Waals surface area contributed by atoms with Crippen LogP contribution in [0.2, 0.25) is 0 Å². The van der Waals surface area contributed by atoms with Crippen molar-refractivity contribution in [1.82, 2.24) is 16.0 Å². The minimum atomic E-state index is -0.414. The number of nitrogens with zero attached hydrogens (tertiary/aromatic N) is 1. The Bertz CT molecular complexity index is 356. The van der Waals surface area contributed by atoms with Gasteiger partial charge in [0.25, 0.3) is 0 Å². The lowest BCUT2D eigenvalue weighted by atomic mass is 9.86. The lowest BCUT2D eigenvalue weighted by molar-refractivity contribution is 0.279. The first kappa shape index (κ1) is 21.8. The summed E-state index contributed by atoms with van der Waals surface area (Å²) in [6, 6.07) is 0. The molecule has 3 N–H and O–H groups in total. The predicted octanol–water partition coefficient (Wildman–Crippen LogP) is 3.73. The molecule has 1 unspecified atom stereocenters. The lowest BCUT2D eigenvalue weighted by Crippen LogP contribution is -2.44. The molecule has 0 aromatic rings. The van der Waals surface area contributed by atoms with Gasteiger partial charge in [-0.05, 0) is 71.3 Å². The van der Waals surface area contributed by atoms with Crippen molar-refractivity contribution in [2.75, 3.05) is 19.8 Å². The summed E-state index contributed by atoms with van der Waals surface area (Å²) in [7, 11) is 0. The van der Waals surface area contributed by atoms with Gasteiger partial charge >= 0.3 is 0 Å². The number of allylic oxidation sites excluding steroid dienone is 2.